The first-order valence-corrected chi connectivity index (χ1v) is 4.30. The topological polar surface area (TPSA) is 38.7 Å². The van der Waals surface area contributed by atoms with Crippen LogP contribution in [-0.4, -0.2) is 30.2 Å². The van der Waals surface area contributed by atoms with Crippen molar-refractivity contribution in [2.24, 2.45) is 11.8 Å². The third kappa shape index (κ3) is 0.736. The van der Waals surface area contributed by atoms with Crippen molar-refractivity contribution in [3.05, 3.63) is 0 Å². The molecule has 0 aromatic rings. The number of hydrogen-bond donors (Lipinski definition) is 1. The molecule has 1 aliphatic carbocycles. The van der Waals surface area contributed by atoms with Gasteiger partial charge in [0.1, 0.15) is 0 Å². The molecule has 3 aliphatic rings. The quantitative estimate of drug-likeness (QED) is 0.541. The van der Waals surface area contributed by atoms with E-state index in [1.165, 1.54) is 0 Å². The Labute approximate surface area is 65.3 Å². The van der Waals surface area contributed by atoms with Gasteiger partial charge in [0.05, 0.1) is 18.8 Å². The van der Waals surface area contributed by atoms with Gasteiger partial charge in [-0.1, -0.05) is 0 Å². The van der Waals surface area contributed by atoms with Crippen molar-refractivity contribution in [3.8, 4) is 0 Å². The van der Waals surface area contributed by atoms with Gasteiger partial charge in [-0.05, 0) is 18.8 Å². The smallest absolute Gasteiger partial charge is 0.161 e. The molecule has 2 bridgehead atoms. The van der Waals surface area contributed by atoms with E-state index in [1.807, 2.05) is 0 Å². The van der Waals surface area contributed by atoms with E-state index in [0.717, 1.165) is 19.4 Å². The Balaban J connectivity index is 1.92. The summed E-state index contributed by atoms with van der Waals surface area (Å²) in [6, 6.07) is 0. The van der Waals surface area contributed by atoms with Crippen LogP contribution < -0.4 is 0 Å². The van der Waals surface area contributed by atoms with Gasteiger partial charge in [0.15, 0.2) is 6.29 Å². The lowest BCUT2D eigenvalue weighted by Crippen LogP contribution is -2.34. The zero-order valence-corrected chi connectivity index (χ0v) is 6.27. The van der Waals surface area contributed by atoms with E-state index >= 15 is 0 Å². The molecule has 2 saturated heterocycles. The Kier molecular flexibility index (Phi) is 1.15. The van der Waals surface area contributed by atoms with E-state index in [0.29, 0.717) is 11.8 Å². The van der Waals surface area contributed by atoms with E-state index in [9.17, 15) is 5.11 Å². The highest BCUT2D eigenvalue weighted by Crippen LogP contribution is 2.46. The van der Waals surface area contributed by atoms with E-state index in [2.05, 4.69) is 0 Å². The molecule has 0 aromatic carbocycles. The molecule has 3 nitrogen and oxygen atoms in total. The van der Waals surface area contributed by atoms with Gasteiger partial charge in [-0.2, -0.15) is 0 Å². The highest BCUT2D eigenvalue weighted by atomic mass is 16.7. The molecule has 1 N–H and O–H groups in total. The summed E-state index contributed by atoms with van der Waals surface area (Å²) >= 11 is 0. The summed E-state index contributed by atoms with van der Waals surface area (Å²) in [6.45, 7) is 0.791. The summed E-state index contributed by atoms with van der Waals surface area (Å²) in [5.41, 5.74) is 0. The number of ether oxygens (including phenoxy) is 2. The lowest BCUT2D eigenvalue weighted by Gasteiger charge is -2.27. The summed E-state index contributed by atoms with van der Waals surface area (Å²) in [5, 5.41) is 9.54. The zero-order chi connectivity index (χ0) is 7.42. The summed E-state index contributed by atoms with van der Waals surface area (Å²) in [4.78, 5) is 0. The Hall–Kier alpha value is -0.120. The molecule has 2 aliphatic heterocycles. The molecule has 0 aromatic heterocycles. The maximum atomic E-state index is 9.54. The number of rotatable bonds is 0. The fraction of sp³-hybridized carbons (Fsp3) is 1.00. The largest absolute Gasteiger partial charge is 0.390 e. The Morgan fingerprint density at radius 3 is 3.09 bits per heavy atom. The predicted octanol–water partition coefficient (Wildman–Crippen LogP) is 0.129. The van der Waals surface area contributed by atoms with Crippen molar-refractivity contribution < 1.29 is 14.6 Å². The maximum Gasteiger partial charge on any atom is 0.161 e. The number of hydrogen-bond acceptors (Lipinski definition) is 3. The van der Waals surface area contributed by atoms with Crippen molar-refractivity contribution >= 4 is 0 Å². The van der Waals surface area contributed by atoms with Crippen LogP contribution in [-0.2, 0) is 9.47 Å². The van der Waals surface area contributed by atoms with E-state index in [4.69, 9.17) is 9.47 Å². The minimum Gasteiger partial charge on any atom is -0.390 e. The second-order valence-electron chi connectivity index (χ2n) is 3.84. The average Bonchev–Trinajstić information content (AvgIpc) is 2.46. The molecule has 62 valence electrons. The van der Waals surface area contributed by atoms with Crippen LogP contribution in [0.5, 0.6) is 0 Å². The van der Waals surface area contributed by atoms with Crippen LogP contribution in [0.2, 0.25) is 0 Å². The molecule has 3 fully saturated rings. The summed E-state index contributed by atoms with van der Waals surface area (Å²) in [5.74, 6) is 1.15. The Bertz CT molecular complexity index is 180. The van der Waals surface area contributed by atoms with E-state index in [-0.39, 0.29) is 18.5 Å². The molecule has 11 heavy (non-hydrogen) atoms. The van der Waals surface area contributed by atoms with Gasteiger partial charge in [-0.3, -0.25) is 0 Å². The first kappa shape index (κ1) is 6.40. The molecule has 3 rings (SSSR count). The van der Waals surface area contributed by atoms with Crippen molar-refractivity contribution in [2.75, 3.05) is 6.61 Å². The molecule has 0 radical (unpaired) electrons. The van der Waals surface area contributed by atoms with Gasteiger partial charge in [-0.25, -0.2) is 0 Å². The lowest BCUT2D eigenvalue weighted by molar-refractivity contribution is -0.146. The summed E-state index contributed by atoms with van der Waals surface area (Å²) in [7, 11) is 0. The molecule has 3 heteroatoms. The molecule has 5 atom stereocenters. The van der Waals surface area contributed by atoms with Crippen LogP contribution in [0, 0.1) is 11.8 Å². The van der Waals surface area contributed by atoms with Gasteiger partial charge >= 0.3 is 0 Å². The fourth-order valence-corrected chi connectivity index (χ4v) is 2.58. The summed E-state index contributed by atoms with van der Waals surface area (Å²) in [6.07, 6.45) is 1.75. The third-order valence-electron chi connectivity index (χ3n) is 3.22. The molecule has 5 unspecified atom stereocenters. The van der Waals surface area contributed by atoms with Crippen molar-refractivity contribution in [1.29, 1.82) is 0 Å². The average molecular weight is 156 g/mol. The number of aliphatic hydroxyl groups is 1. The van der Waals surface area contributed by atoms with Gasteiger partial charge in [0.25, 0.3) is 0 Å². The van der Waals surface area contributed by atoms with Crippen LogP contribution in [0.25, 0.3) is 0 Å². The molecular weight excluding hydrogens is 144 g/mol. The number of fused-ring (bicyclic) bond motifs is 1. The van der Waals surface area contributed by atoms with Crippen LogP contribution in [0.4, 0.5) is 0 Å². The zero-order valence-electron chi connectivity index (χ0n) is 6.27. The standard InChI is InChI=1S/C8H12O3/c9-6-1-4-3-10-8-5(4)2-7(6)11-8/h4-9H,1-3H2. The van der Waals surface area contributed by atoms with Crippen LogP contribution >= 0.6 is 0 Å². The molecule has 1 saturated carbocycles. The SMILES string of the molecule is OC1CC2COC3OC1CC23. The second-order valence-corrected chi connectivity index (χ2v) is 3.84. The van der Waals surface area contributed by atoms with E-state index in [1.54, 1.807) is 0 Å². The Morgan fingerprint density at radius 1 is 1.27 bits per heavy atom. The fourth-order valence-electron chi connectivity index (χ4n) is 2.58. The first-order chi connectivity index (χ1) is 5.34. The highest BCUT2D eigenvalue weighted by molar-refractivity contribution is 4.96. The van der Waals surface area contributed by atoms with E-state index < -0.39 is 0 Å². The van der Waals surface area contributed by atoms with Gasteiger partial charge in [0.2, 0.25) is 0 Å². The third-order valence-corrected chi connectivity index (χ3v) is 3.22. The minimum absolute atomic E-state index is 0.0159. The lowest BCUT2D eigenvalue weighted by atomic mass is 9.80. The van der Waals surface area contributed by atoms with Crippen LogP contribution in [0.1, 0.15) is 12.8 Å². The van der Waals surface area contributed by atoms with Crippen LogP contribution in [0.15, 0.2) is 0 Å². The maximum absolute atomic E-state index is 9.54. The van der Waals surface area contributed by atoms with Crippen molar-refractivity contribution in [1.82, 2.24) is 0 Å². The van der Waals surface area contributed by atoms with Gasteiger partial charge < -0.3 is 14.6 Å². The van der Waals surface area contributed by atoms with Gasteiger partial charge in [-0.15, -0.1) is 0 Å². The molecule has 0 amide bonds. The number of aliphatic hydroxyl groups excluding tert-OH is 1. The molecular formula is C8H12O3. The molecule has 0 spiro atoms. The summed E-state index contributed by atoms with van der Waals surface area (Å²) < 4.78 is 10.9. The van der Waals surface area contributed by atoms with Crippen molar-refractivity contribution in [3.63, 3.8) is 0 Å². The first-order valence-electron chi connectivity index (χ1n) is 4.30. The van der Waals surface area contributed by atoms with Gasteiger partial charge in [0, 0.05) is 5.92 Å². The minimum atomic E-state index is -0.231. The second kappa shape index (κ2) is 1.97. The Morgan fingerprint density at radius 2 is 2.18 bits per heavy atom. The predicted molar refractivity (Wildman–Crippen MR) is 36.8 cm³/mol. The van der Waals surface area contributed by atoms with Crippen molar-refractivity contribution in [2.45, 2.75) is 31.3 Å². The molecule has 2 heterocycles. The normalized spacial score (nSPS) is 60.3. The van der Waals surface area contributed by atoms with Crippen LogP contribution in [0.3, 0.4) is 0 Å². The highest BCUT2D eigenvalue weighted by Gasteiger charge is 2.52. The monoisotopic (exact) mass is 156 g/mol.